The molecule has 1 N–H and O–H groups in total. The van der Waals surface area contributed by atoms with Crippen LogP contribution < -0.4 is 5.32 Å². The Bertz CT molecular complexity index is 328. The molecule has 3 nitrogen and oxygen atoms in total. The molecule has 82 valence electrons. The van der Waals surface area contributed by atoms with E-state index in [0.29, 0.717) is 18.5 Å². The van der Waals surface area contributed by atoms with E-state index >= 15 is 0 Å². The van der Waals surface area contributed by atoms with Crippen LogP contribution in [-0.4, -0.2) is 17.8 Å². The molecule has 4 heteroatoms. The summed E-state index contributed by atoms with van der Waals surface area (Å²) in [4.78, 5) is 11.2. The molecular weight excluding hydrogens is 258 g/mol. The van der Waals surface area contributed by atoms with Crippen molar-refractivity contribution in [3.63, 3.8) is 0 Å². The number of hydrogen-bond donors (Lipinski definition) is 1. The smallest absolute Gasteiger partial charge is 0.235 e. The molecule has 0 aliphatic rings. The van der Waals surface area contributed by atoms with Crippen LogP contribution in [0.15, 0.2) is 24.3 Å². The van der Waals surface area contributed by atoms with Gasteiger partial charge in [-0.05, 0) is 13.0 Å². The fourth-order valence-electron chi connectivity index (χ4n) is 1.16. The number of para-hydroxylation sites is 1. The minimum absolute atomic E-state index is 0.0565. The number of ether oxygens (including phenoxy) is 1. The molecule has 0 heterocycles. The van der Waals surface area contributed by atoms with E-state index in [4.69, 9.17) is 4.74 Å². The second-order valence-corrected chi connectivity index (χ2v) is 3.54. The lowest BCUT2D eigenvalue weighted by molar-refractivity contribution is -0.113. The van der Waals surface area contributed by atoms with Crippen molar-refractivity contribution < 1.29 is 9.53 Å². The van der Waals surface area contributed by atoms with Gasteiger partial charge in [0.05, 0.1) is 11.9 Å². The van der Waals surface area contributed by atoms with Gasteiger partial charge in [0.25, 0.3) is 0 Å². The van der Waals surface area contributed by atoms with E-state index in [0.717, 1.165) is 11.3 Å². The van der Waals surface area contributed by atoms with Crippen LogP contribution in [0.2, 0.25) is 0 Å². The highest BCUT2D eigenvalue weighted by atomic mass is 79.9. The summed E-state index contributed by atoms with van der Waals surface area (Å²) in [6.07, 6.45) is 0. The fraction of sp³-hybridized carbons (Fsp3) is 0.364. The second-order valence-electron chi connectivity index (χ2n) is 2.98. The van der Waals surface area contributed by atoms with Crippen molar-refractivity contribution in [1.29, 1.82) is 0 Å². The summed E-state index contributed by atoms with van der Waals surface area (Å²) in [6, 6.07) is 7.63. The van der Waals surface area contributed by atoms with E-state index in [-0.39, 0.29) is 5.91 Å². The number of halogens is 1. The van der Waals surface area contributed by atoms with Gasteiger partial charge in [-0.3, -0.25) is 4.79 Å². The van der Waals surface area contributed by atoms with E-state index in [2.05, 4.69) is 21.2 Å². The van der Waals surface area contributed by atoms with E-state index in [1.165, 1.54) is 0 Å². The molecule has 1 amide bonds. The summed E-state index contributed by atoms with van der Waals surface area (Å²) < 4.78 is 5.31. The Hall–Kier alpha value is -0.870. The Morgan fingerprint density at radius 2 is 2.20 bits per heavy atom. The normalized spacial score (nSPS) is 10.0. The largest absolute Gasteiger partial charge is 0.377 e. The van der Waals surface area contributed by atoms with Crippen LogP contribution in [0.3, 0.4) is 0 Å². The fourth-order valence-corrected chi connectivity index (χ4v) is 1.30. The molecule has 0 radical (unpaired) electrons. The lowest BCUT2D eigenvalue weighted by Crippen LogP contribution is -2.14. The molecule has 1 aromatic rings. The van der Waals surface area contributed by atoms with E-state index < -0.39 is 0 Å². The first-order valence-electron chi connectivity index (χ1n) is 4.79. The third-order valence-corrected chi connectivity index (χ3v) is 2.38. The SMILES string of the molecule is CCOCc1ccccc1NC(=O)CBr. The van der Waals surface area contributed by atoms with Gasteiger partial charge in [0.2, 0.25) is 5.91 Å². The van der Waals surface area contributed by atoms with E-state index in [9.17, 15) is 4.79 Å². The quantitative estimate of drug-likeness (QED) is 0.836. The van der Waals surface area contributed by atoms with E-state index in [1.54, 1.807) is 0 Å². The standard InChI is InChI=1S/C11H14BrNO2/c1-2-15-8-9-5-3-4-6-10(9)13-11(14)7-12/h3-6H,2,7-8H2,1H3,(H,13,14). The van der Waals surface area contributed by atoms with Crippen LogP contribution in [0, 0.1) is 0 Å². The highest BCUT2D eigenvalue weighted by Gasteiger charge is 2.04. The summed E-state index contributed by atoms with van der Waals surface area (Å²) in [5.41, 5.74) is 1.81. The minimum atomic E-state index is -0.0565. The monoisotopic (exact) mass is 271 g/mol. The van der Waals surface area contributed by atoms with Crippen molar-refractivity contribution in [3.05, 3.63) is 29.8 Å². The number of carbonyl (C=O) groups is 1. The first kappa shape index (κ1) is 12.2. The Morgan fingerprint density at radius 1 is 1.47 bits per heavy atom. The van der Waals surface area contributed by atoms with E-state index in [1.807, 2.05) is 31.2 Å². The highest BCUT2D eigenvalue weighted by molar-refractivity contribution is 9.09. The minimum Gasteiger partial charge on any atom is -0.377 e. The van der Waals surface area contributed by atoms with Gasteiger partial charge in [-0.1, -0.05) is 34.1 Å². The summed E-state index contributed by atoms with van der Waals surface area (Å²) >= 11 is 3.11. The number of hydrogen-bond acceptors (Lipinski definition) is 2. The second kappa shape index (κ2) is 6.58. The van der Waals surface area contributed by atoms with Crippen LogP contribution in [0.1, 0.15) is 12.5 Å². The first-order valence-corrected chi connectivity index (χ1v) is 5.91. The molecule has 0 bridgehead atoms. The van der Waals surface area contributed by atoms with Gasteiger partial charge in [-0.2, -0.15) is 0 Å². The Kier molecular flexibility index (Phi) is 5.36. The average Bonchev–Trinajstić information content (AvgIpc) is 2.28. The Labute approximate surface area is 97.9 Å². The van der Waals surface area contributed by atoms with Gasteiger partial charge in [0, 0.05) is 17.9 Å². The first-order chi connectivity index (χ1) is 7.27. The number of nitrogens with one attached hydrogen (secondary N) is 1. The van der Waals surface area contributed by atoms with Gasteiger partial charge in [0.15, 0.2) is 0 Å². The number of anilines is 1. The van der Waals surface area contributed by atoms with Crippen molar-refractivity contribution in [2.75, 3.05) is 17.3 Å². The van der Waals surface area contributed by atoms with Crippen LogP contribution in [0.4, 0.5) is 5.69 Å². The predicted molar refractivity (Wildman–Crippen MR) is 64.2 cm³/mol. The third kappa shape index (κ3) is 4.01. The zero-order chi connectivity index (χ0) is 11.1. The zero-order valence-electron chi connectivity index (χ0n) is 8.63. The molecule has 15 heavy (non-hydrogen) atoms. The molecule has 1 rings (SSSR count). The van der Waals surface area contributed by atoms with Crippen molar-refractivity contribution in [2.24, 2.45) is 0 Å². The van der Waals surface area contributed by atoms with Crippen LogP contribution >= 0.6 is 15.9 Å². The lowest BCUT2D eigenvalue weighted by Gasteiger charge is -2.09. The average molecular weight is 272 g/mol. The maximum Gasteiger partial charge on any atom is 0.235 e. The molecule has 0 saturated carbocycles. The van der Waals surface area contributed by atoms with Crippen molar-refractivity contribution >= 4 is 27.5 Å². The number of alkyl halides is 1. The third-order valence-electron chi connectivity index (χ3n) is 1.87. The summed E-state index contributed by atoms with van der Waals surface area (Å²) in [7, 11) is 0. The molecule has 0 unspecified atom stereocenters. The van der Waals surface area contributed by atoms with Crippen LogP contribution in [0.5, 0.6) is 0 Å². The molecule has 0 aromatic heterocycles. The number of benzene rings is 1. The molecule has 0 aliphatic heterocycles. The predicted octanol–water partition coefficient (Wildman–Crippen LogP) is 2.56. The maximum absolute atomic E-state index is 11.2. The molecule has 1 aromatic carbocycles. The number of carbonyl (C=O) groups excluding carboxylic acids is 1. The van der Waals surface area contributed by atoms with Crippen molar-refractivity contribution in [3.8, 4) is 0 Å². The molecule has 0 fully saturated rings. The molecular formula is C11H14BrNO2. The highest BCUT2D eigenvalue weighted by Crippen LogP contribution is 2.16. The van der Waals surface area contributed by atoms with Crippen molar-refractivity contribution in [2.45, 2.75) is 13.5 Å². The lowest BCUT2D eigenvalue weighted by atomic mass is 10.2. The zero-order valence-corrected chi connectivity index (χ0v) is 10.2. The molecule has 0 aliphatic carbocycles. The van der Waals surface area contributed by atoms with Gasteiger partial charge >= 0.3 is 0 Å². The molecule has 0 atom stereocenters. The Morgan fingerprint density at radius 3 is 2.87 bits per heavy atom. The molecule has 0 saturated heterocycles. The van der Waals surface area contributed by atoms with Crippen LogP contribution in [-0.2, 0) is 16.1 Å². The topological polar surface area (TPSA) is 38.3 Å². The summed E-state index contributed by atoms with van der Waals surface area (Å²) in [5, 5.41) is 3.10. The maximum atomic E-state index is 11.2. The van der Waals surface area contributed by atoms with Crippen molar-refractivity contribution in [1.82, 2.24) is 0 Å². The number of amides is 1. The summed E-state index contributed by atoms with van der Waals surface area (Å²) in [6.45, 7) is 3.13. The van der Waals surface area contributed by atoms with Gasteiger partial charge in [0.1, 0.15) is 0 Å². The van der Waals surface area contributed by atoms with Crippen LogP contribution in [0.25, 0.3) is 0 Å². The molecule has 0 spiro atoms. The summed E-state index contributed by atoms with van der Waals surface area (Å²) in [5.74, 6) is -0.0565. The van der Waals surface area contributed by atoms with Gasteiger partial charge < -0.3 is 10.1 Å². The Balaban J connectivity index is 2.72. The van der Waals surface area contributed by atoms with Gasteiger partial charge in [-0.15, -0.1) is 0 Å². The number of rotatable bonds is 5. The van der Waals surface area contributed by atoms with Gasteiger partial charge in [-0.25, -0.2) is 0 Å².